The molecule has 0 bridgehead atoms. The highest BCUT2D eigenvalue weighted by atomic mass is 32.2. The lowest BCUT2D eigenvalue weighted by atomic mass is 10.3. The Morgan fingerprint density at radius 3 is 2.78 bits per heavy atom. The molecule has 1 amide bonds. The third-order valence-electron chi connectivity index (χ3n) is 3.69. The molecule has 0 saturated carbocycles. The van der Waals surface area contributed by atoms with Crippen LogP contribution in [0.1, 0.15) is 18.3 Å². The summed E-state index contributed by atoms with van der Waals surface area (Å²) in [5, 5.41) is 15.9. The van der Waals surface area contributed by atoms with Crippen LogP contribution in [0.25, 0.3) is 5.65 Å². The summed E-state index contributed by atoms with van der Waals surface area (Å²) >= 11 is 1.38. The Morgan fingerprint density at radius 2 is 2.09 bits per heavy atom. The molecule has 0 aliphatic rings. The van der Waals surface area contributed by atoms with Crippen molar-refractivity contribution >= 4 is 29.0 Å². The Hall–Kier alpha value is -2.35. The number of amides is 1. The second kappa shape index (κ2) is 6.04. The molecule has 3 rings (SSSR count). The Bertz CT molecular complexity index is 868. The van der Waals surface area contributed by atoms with Gasteiger partial charge in [-0.1, -0.05) is 17.8 Å². The first-order chi connectivity index (χ1) is 11.0. The van der Waals surface area contributed by atoms with Crippen LogP contribution in [0.2, 0.25) is 0 Å². The Morgan fingerprint density at radius 1 is 1.30 bits per heavy atom. The number of fused-ring (bicyclic) bond motifs is 1. The van der Waals surface area contributed by atoms with E-state index in [2.05, 4.69) is 20.6 Å². The minimum atomic E-state index is -0.304. The first kappa shape index (κ1) is 15.5. The monoisotopic (exact) mass is 330 g/mol. The van der Waals surface area contributed by atoms with Gasteiger partial charge in [-0.3, -0.25) is 13.9 Å². The fourth-order valence-electron chi connectivity index (χ4n) is 2.29. The maximum Gasteiger partial charge on any atom is 0.237 e. The van der Waals surface area contributed by atoms with Crippen LogP contribution < -0.4 is 5.32 Å². The molecule has 0 aliphatic heterocycles. The van der Waals surface area contributed by atoms with Crippen LogP contribution >= 0.6 is 11.8 Å². The molecule has 0 spiro atoms. The molecule has 0 aliphatic carbocycles. The van der Waals surface area contributed by atoms with Crippen LogP contribution in [-0.4, -0.2) is 35.5 Å². The number of anilines is 1. The predicted octanol–water partition coefficient (Wildman–Crippen LogP) is 2.20. The van der Waals surface area contributed by atoms with Crippen molar-refractivity contribution in [3.8, 4) is 0 Å². The minimum Gasteiger partial charge on any atom is -0.322 e. The van der Waals surface area contributed by atoms with Crippen LogP contribution in [-0.2, 0) is 11.8 Å². The topological polar surface area (TPSA) is 77.1 Å². The van der Waals surface area contributed by atoms with Gasteiger partial charge >= 0.3 is 0 Å². The van der Waals surface area contributed by atoms with Gasteiger partial charge in [-0.25, -0.2) is 0 Å². The Labute approximate surface area is 138 Å². The fraction of sp³-hybridized carbons (Fsp3) is 0.333. The molecular formula is C15H18N6OS. The molecule has 0 fully saturated rings. The van der Waals surface area contributed by atoms with Gasteiger partial charge in [-0.2, -0.15) is 5.10 Å². The predicted molar refractivity (Wildman–Crippen MR) is 89.6 cm³/mol. The highest BCUT2D eigenvalue weighted by Crippen LogP contribution is 2.24. The maximum absolute atomic E-state index is 12.5. The van der Waals surface area contributed by atoms with Crippen LogP contribution in [0.5, 0.6) is 0 Å². The number of carbonyl (C=O) groups excluding carboxylic acids is 1. The summed E-state index contributed by atoms with van der Waals surface area (Å²) in [5.41, 5.74) is 3.28. The van der Waals surface area contributed by atoms with Crippen molar-refractivity contribution in [3.05, 3.63) is 35.8 Å². The van der Waals surface area contributed by atoms with Crippen molar-refractivity contribution in [1.82, 2.24) is 24.4 Å². The molecule has 0 unspecified atom stereocenters. The molecule has 0 radical (unpaired) electrons. The molecular weight excluding hydrogens is 312 g/mol. The van der Waals surface area contributed by atoms with Crippen LogP contribution in [0, 0.1) is 13.8 Å². The van der Waals surface area contributed by atoms with Crippen molar-refractivity contribution in [1.29, 1.82) is 0 Å². The summed E-state index contributed by atoms with van der Waals surface area (Å²) in [6, 6.07) is 5.69. The molecule has 7 nitrogen and oxygen atoms in total. The number of aryl methyl sites for hydroxylation is 2. The Balaban J connectivity index is 1.75. The summed E-state index contributed by atoms with van der Waals surface area (Å²) < 4.78 is 3.63. The van der Waals surface area contributed by atoms with Crippen molar-refractivity contribution in [2.24, 2.45) is 7.05 Å². The first-order valence-corrected chi connectivity index (χ1v) is 8.13. The van der Waals surface area contributed by atoms with Crippen LogP contribution in [0.3, 0.4) is 0 Å². The van der Waals surface area contributed by atoms with E-state index in [9.17, 15) is 4.79 Å². The fourth-order valence-corrected chi connectivity index (χ4v) is 3.13. The Kier molecular flexibility index (Phi) is 4.08. The SMILES string of the molecule is Cc1nn(C)c(C)c1NC(=O)[C@H](C)Sc1nnc2ccccn12. The molecule has 3 aromatic heterocycles. The van der Waals surface area contributed by atoms with E-state index >= 15 is 0 Å². The lowest BCUT2D eigenvalue weighted by Gasteiger charge is -2.11. The molecule has 8 heteroatoms. The molecule has 0 saturated heterocycles. The number of rotatable bonds is 4. The average molecular weight is 330 g/mol. The number of carbonyl (C=O) groups is 1. The van der Waals surface area contributed by atoms with Gasteiger partial charge in [-0.05, 0) is 32.9 Å². The maximum atomic E-state index is 12.5. The zero-order valence-electron chi connectivity index (χ0n) is 13.4. The van der Waals surface area contributed by atoms with Gasteiger partial charge in [0.15, 0.2) is 10.8 Å². The number of nitrogens with one attached hydrogen (secondary N) is 1. The van der Waals surface area contributed by atoms with E-state index in [1.54, 1.807) is 4.68 Å². The number of nitrogens with zero attached hydrogens (tertiary/aromatic N) is 5. The third kappa shape index (κ3) is 2.94. The van der Waals surface area contributed by atoms with Crippen molar-refractivity contribution in [2.45, 2.75) is 31.2 Å². The molecule has 3 heterocycles. The van der Waals surface area contributed by atoms with Crippen molar-refractivity contribution < 1.29 is 4.79 Å². The van der Waals surface area contributed by atoms with E-state index in [-0.39, 0.29) is 11.2 Å². The van der Waals surface area contributed by atoms with Crippen molar-refractivity contribution in [3.63, 3.8) is 0 Å². The van der Waals surface area contributed by atoms with Crippen LogP contribution in [0.15, 0.2) is 29.6 Å². The van der Waals surface area contributed by atoms with Gasteiger partial charge in [0.2, 0.25) is 5.91 Å². The highest BCUT2D eigenvalue weighted by molar-refractivity contribution is 8.00. The zero-order chi connectivity index (χ0) is 16.6. The van der Waals surface area contributed by atoms with Gasteiger partial charge in [0.05, 0.1) is 22.3 Å². The van der Waals surface area contributed by atoms with E-state index in [1.807, 2.05) is 56.6 Å². The summed E-state index contributed by atoms with van der Waals surface area (Å²) in [6.45, 7) is 5.66. The summed E-state index contributed by atoms with van der Waals surface area (Å²) in [7, 11) is 1.86. The standard InChI is InChI=1S/C15H18N6OS/c1-9-13(10(2)20(4)19-9)16-14(22)11(3)23-15-18-17-12-7-5-6-8-21(12)15/h5-8,11H,1-4H3,(H,16,22)/t11-/m0/s1. The summed E-state index contributed by atoms with van der Waals surface area (Å²) in [5.74, 6) is -0.0816. The average Bonchev–Trinajstić information content (AvgIpc) is 3.04. The second-order valence-electron chi connectivity index (χ2n) is 5.33. The molecule has 3 aromatic rings. The number of hydrogen-bond donors (Lipinski definition) is 1. The number of thioether (sulfide) groups is 1. The summed E-state index contributed by atoms with van der Waals surface area (Å²) in [6.07, 6.45) is 1.89. The van der Waals surface area contributed by atoms with E-state index in [0.29, 0.717) is 5.16 Å². The molecule has 1 N–H and O–H groups in total. The van der Waals surface area contributed by atoms with Gasteiger partial charge in [-0.15, -0.1) is 10.2 Å². The lowest BCUT2D eigenvalue weighted by Crippen LogP contribution is -2.23. The van der Waals surface area contributed by atoms with E-state index < -0.39 is 0 Å². The number of pyridine rings is 1. The molecule has 120 valence electrons. The molecule has 0 aromatic carbocycles. The first-order valence-electron chi connectivity index (χ1n) is 7.25. The third-order valence-corrected chi connectivity index (χ3v) is 4.75. The second-order valence-corrected chi connectivity index (χ2v) is 6.64. The largest absolute Gasteiger partial charge is 0.322 e. The van der Waals surface area contributed by atoms with Crippen LogP contribution in [0.4, 0.5) is 5.69 Å². The lowest BCUT2D eigenvalue weighted by molar-refractivity contribution is -0.115. The van der Waals surface area contributed by atoms with Gasteiger partial charge < -0.3 is 5.32 Å². The smallest absolute Gasteiger partial charge is 0.237 e. The van der Waals surface area contributed by atoms with E-state index in [1.165, 1.54) is 11.8 Å². The van der Waals surface area contributed by atoms with Gasteiger partial charge in [0.1, 0.15) is 0 Å². The number of hydrogen-bond acceptors (Lipinski definition) is 5. The molecule has 1 atom stereocenters. The number of aromatic nitrogens is 5. The minimum absolute atomic E-state index is 0.0816. The van der Waals surface area contributed by atoms with E-state index in [0.717, 1.165) is 22.7 Å². The summed E-state index contributed by atoms with van der Waals surface area (Å²) in [4.78, 5) is 12.5. The molecule has 23 heavy (non-hydrogen) atoms. The zero-order valence-corrected chi connectivity index (χ0v) is 14.3. The van der Waals surface area contributed by atoms with Crippen molar-refractivity contribution in [2.75, 3.05) is 5.32 Å². The highest BCUT2D eigenvalue weighted by Gasteiger charge is 2.20. The van der Waals surface area contributed by atoms with E-state index in [4.69, 9.17) is 0 Å². The quantitative estimate of drug-likeness (QED) is 0.742. The van der Waals surface area contributed by atoms with Gasteiger partial charge in [0.25, 0.3) is 0 Å². The normalized spacial score (nSPS) is 12.5. The van der Waals surface area contributed by atoms with Gasteiger partial charge in [0, 0.05) is 13.2 Å².